The average Bonchev–Trinajstić information content (AvgIpc) is 2.71. The Morgan fingerprint density at radius 1 is 1.20 bits per heavy atom. The molecule has 2 heterocycles. The van der Waals surface area contributed by atoms with Gasteiger partial charge in [-0.1, -0.05) is 30.3 Å². The largest absolute Gasteiger partial charge is 0.443 e. The van der Waals surface area contributed by atoms with Gasteiger partial charge in [-0.3, -0.25) is 15.0 Å². The quantitative estimate of drug-likeness (QED) is 0.542. The minimum Gasteiger partial charge on any atom is -0.443 e. The molecule has 1 aromatic heterocycles. The van der Waals surface area contributed by atoms with Crippen LogP contribution in [-0.2, 0) is 16.0 Å². The first kappa shape index (κ1) is 21.5. The summed E-state index contributed by atoms with van der Waals surface area (Å²) in [4.78, 5) is 31.9. The summed E-state index contributed by atoms with van der Waals surface area (Å²) in [5, 5.41) is 11.7. The monoisotopic (exact) mass is 414 g/mol. The summed E-state index contributed by atoms with van der Waals surface area (Å²) in [6.07, 6.45) is -0.693. The van der Waals surface area contributed by atoms with Crippen LogP contribution in [0.25, 0.3) is 0 Å². The number of aromatic nitrogens is 1. The van der Waals surface area contributed by atoms with E-state index in [0.717, 1.165) is 5.56 Å². The molecule has 1 aromatic carbocycles. The van der Waals surface area contributed by atoms with E-state index in [-0.39, 0.29) is 18.1 Å². The molecular formula is C21H26N4O5. The van der Waals surface area contributed by atoms with Gasteiger partial charge in [-0.15, -0.1) is 0 Å². The van der Waals surface area contributed by atoms with Crippen molar-refractivity contribution < 1.29 is 19.2 Å². The van der Waals surface area contributed by atoms with Crippen molar-refractivity contribution in [3.05, 3.63) is 58.1 Å². The van der Waals surface area contributed by atoms with Crippen LogP contribution in [-0.4, -0.2) is 47.9 Å². The Balaban J connectivity index is 2.04. The first-order valence-corrected chi connectivity index (χ1v) is 9.77. The van der Waals surface area contributed by atoms with Crippen LogP contribution in [0.2, 0.25) is 0 Å². The molecule has 160 valence electrons. The van der Waals surface area contributed by atoms with Crippen molar-refractivity contribution >= 4 is 23.4 Å². The molecule has 0 bridgehead atoms. The number of hydrogen-bond acceptors (Lipinski definition) is 7. The van der Waals surface area contributed by atoms with Crippen LogP contribution in [0.15, 0.2) is 42.5 Å². The van der Waals surface area contributed by atoms with E-state index in [1.54, 1.807) is 26.8 Å². The molecule has 9 nitrogen and oxygen atoms in total. The van der Waals surface area contributed by atoms with Crippen LogP contribution in [0.4, 0.5) is 22.1 Å². The minimum atomic E-state index is -0.761. The summed E-state index contributed by atoms with van der Waals surface area (Å²) in [5.41, 5.74) is -0.215. The van der Waals surface area contributed by atoms with Gasteiger partial charge in [0.2, 0.25) is 5.82 Å². The van der Waals surface area contributed by atoms with Gasteiger partial charge in [0.25, 0.3) is 0 Å². The van der Waals surface area contributed by atoms with Crippen molar-refractivity contribution in [3.8, 4) is 0 Å². The summed E-state index contributed by atoms with van der Waals surface area (Å²) in [6.45, 7) is 7.68. The fourth-order valence-corrected chi connectivity index (χ4v) is 3.05. The number of carbonyl (C=O) groups is 1. The Bertz CT molecular complexity index is 892. The topological polar surface area (TPSA) is 98.0 Å². The van der Waals surface area contributed by atoms with Crippen LogP contribution in [0, 0.1) is 10.1 Å². The number of nitro groups is 1. The van der Waals surface area contributed by atoms with Gasteiger partial charge < -0.3 is 14.4 Å². The van der Waals surface area contributed by atoms with Gasteiger partial charge in [-0.2, -0.15) is 0 Å². The summed E-state index contributed by atoms with van der Waals surface area (Å²) in [7, 11) is 0. The van der Waals surface area contributed by atoms with Crippen molar-refractivity contribution in [1.82, 2.24) is 4.98 Å². The normalized spacial score (nSPS) is 14.3. The second-order valence-electron chi connectivity index (χ2n) is 7.92. The molecule has 1 fully saturated rings. The van der Waals surface area contributed by atoms with Gasteiger partial charge in [0, 0.05) is 19.2 Å². The highest BCUT2D eigenvalue weighted by molar-refractivity contribution is 5.89. The maximum Gasteiger partial charge on any atom is 0.416 e. The number of morpholine rings is 1. The van der Waals surface area contributed by atoms with E-state index >= 15 is 0 Å². The van der Waals surface area contributed by atoms with E-state index < -0.39 is 16.6 Å². The van der Waals surface area contributed by atoms with E-state index in [2.05, 4.69) is 4.98 Å². The highest BCUT2D eigenvalue weighted by Gasteiger charge is 2.31. The Kier molecular flexibility index (Phi) is 6.51. The SMILES string of the molecule is CC(C)(C)OC(=O)N(Cc1ccccc1)c1nc(N2CCOCC2)ccc1[N+](=O)[O-]. The molecule has 3 rings (SSSR count). The summed E-state index contributed by atoms with van der Waals surface area (Å²) >= 11 is 0. The molecule has 0 aliphatic carbocycles. The highest BCUT2D eigenvalue weighted by Crippen LogP contribution is 2.31. The zero-order valence-corrected chi connectivity index (χ0v) is 17.4. The first-order chi connectivity index (χ1) is 14.2. The predicted octanol–water partition coefficient (Wildman–Crippen LogP) is 3.77. The zero-order valence-electron chi connectivity index (χ0n) is 17.4. The lowest BCUT2D eigenvalue weighted by Crippen LogP contribution is -2.39. The molecule has 0 radical (unpaired) electrons. The third kappa shape index (κ3) is 5.44. The minimum absolute atomic E-state index is 0.0397. The van der Waals surface area contributed by atoms with E-state index in [0.29, 0.717) is 32.1 Å². The number of hydrogen-bond donors (Lipinski definition) is 0. The van der Waals surface area contributed by atoms with Gasteiger partial charge >= 0.3 is 11.8 Å². The molecule has 1 aliphatic heterocycles. The van der Waals surface area contributed by atoms with Crippen LogP contribution >= 0.6 is 0 Å². The molecule has 9 heteroatoms. The van der Waals surface area contributed by atoms with Crippen molar-refractivity contribution in [1.29, 1.82) is 0 Å². The predicted molar refractivity (Wildman–Crippen MR) is 113 cm³/mol. The maximum absolute atomic E-state index is 13.0. The van der Waals surface area contributed by atoms with Crippen LogP contribution in [0.1, 0.15) is 26.3 Å². The van der Waals surface area contributed by atoms with E-state index in [4.69, 9.17) is 9.47 Å². The van der Waals surface area contributed by atoms with Crippen molar-refractivity contribution in [2.45, 2.75) is 32.9 Å². The molecule has 1 aliphatic rings. The number of benzene rings is 1. The van der Waals surface area contributed by atoms with Crippen molar-refractivity contribution in [3.63, 3.8) is 0 Å². The third-order valence-corrected chi connectivity index (χ3v) is 4.42. The molecule has 1 amide bonds. The fourth-order valence-electron chi connectivity index (χ4n) is 3.05. The average molecular weight is 414 g/mol. The summed E-state index contributed by atoms with van der Waals surface area (Å²) in [6, 6.07) is 12.2. The summed E-state index contributed by atoms with van der Waals surface area (Å²) in [5.74, 6) is 0.516. The molecule has 1 saturated heterocycles. The molecule has 0 unspecified atom stereocenters. The zero-order chi connectivity index (χ0) is 21.7. The van der Waals surface area contributed by atoms with E-state index in [1.807, 2.05) is 35.2 Å². The lowest BCUT2D eigenvalue weighted by molar-refractivity contribution is -0.384. The van der Waals surface area contributed by atoms with Gasteiger partial charge in [0.1, 0.15) is 11.4 Å². The molecule has 0 atom stereocenters. The number of pyridine rings is 1. The Hall–Kier alpha value is -3.20. The van der Waals surface area contributed by atoms with Gasteiger partial charge in [0.05, 0.1) is 24.7 Å². The van der Waals surface area contributed by atoms with Crippen LogP contribution in [0.5, 0.6) is 0 Å². The molecule has 0 saturated carbocycles. The number of rotatable bonds is 5. The lowest BCUT2D eigenvalue weighted by Gasteiger charge is -2.30. The van der Waals surface area contributed by atoms with Crippen molar-refractivity contribution in [2.24, 2.45) is 0 Å². The van der Waals surface area contributed by atoms with E-state index in [9.17, 15) is 14.9 Å². The standard InChI is InChI=1S/C21H26N4O5/c1-21(2,3)30-20(26)24(15-16-7-5-4-6-8-16)19-17(25(27)28)9-10-18(22-19)23-11-13-29-14-12-23/h4-10H,11-15H2,1-3H3. The van der Waals surface area contributed by atoms with Crippen LogP contribution in [0.3, 0.4) is 0 Å². The second kappa shape index (κ2) is 9.08. The van der Waals surface area contributed by atoms with E-state index in [1.165, 1.54) is 11.0 Å². The number of anilines is 2. The molecule has 2 aromatic rings. The fraction of sp³-hybridized carbons (Fsp3) is 0.429. The third-order valence-electron chi connectivity index (χ3n) is 4.42. The number of amides is 1. The number of carbonyl (C=O) groups excluding carboxylic acids is 1. The molecule has 30 heavy (non-hydrogen) atoms. The van der Waals surface area contributed by atoms with Gasteiger partial charge in [-0.05, 0) is 32.4 Å². The second-order valence-corrected chi connectivity index (χ2v) is 7.92. The van der Waals surface area contributed by atoms with Gasteiger partial charge in [-0.25, -0.2) is 9.78 Å². The number of ether oxygens (including phenoxy) is 2. The summed E-state index contributed by atoms with van der Waals surface area (Å²) < 4.78 is 10.9. The first-order valence-electron chi connectivity index (χ1n) is 9.77. The molecular weight excluding hydrogens is 388 g/mol. The Labute approximate surface area is 175 Å². The van der Waals surface area contributed by atoms with Crippen LogP contribution < -0.4 is 9.80 Å². The smallest absolute Gasteiger partial charge is 0.416 e. The lowest BCUT2D eigenvalue weighted by atomic mass is 10.2. The van der Waals surface area contributed by atoms with Crippen molar-refractivity contribution in [2.75, 3.05) is 36.1 Å². The Morgan fingerprint density at radius 2 is 1.87 bits per heavy atom. The molecule has 0 N–H and O–H groups in total. The highest BCUT2D eigenvalue weighted by atomic mass is 16.6. The molecule has 0 spiro atoms. The number of nitrogens with zero attached hydrogens (tertiary/aromatic N) is 4. The Morgan fingerprint density at radius 3 is 2.47 bits per heavy atom. The van der Waals surface area contributed by atoms with Gasteiger partial charge in [0.15, 0.2) is 0 Å². The maximum atomic E-state index is 13.0.